The molecule has 0 radical (unpaired) electrons. The van der Waals surface area contributed by atoms with E-state index < -0.39 is 0 Å². The quantitative estimate of drug-likeness (QED) is 0.700. The second-order valence-electron chi connectivity index (χ2n) is 5.54. The highest BCUT2D eigenvalue weighted by Crippen LogP contribution is 2.24. The van der Waals surface area contributed by atoms with Crippen LogP contribution >= 0.6 is 0 Å². The molecule has 0 atom stereocenters. The average Bonchev–Trinajstić information content (AvgIpc) is 2.63. The van der Waals surface area contributed by atoms with Gasteiger partial charge in [-0.25, -0.2) is 4.39 Å². The molecular formula is C20H20FNO3. The molecule has 0 spiro atoms. The Bertz CT molecular complexity index is 739. The molecule has 0 aliphatic carbocycles. The van der Waals surface area contributed by atoms with Gasteiger partial charge in [0, 0.05) is 13.6 Å². The van der Waals surface area contributed by atoms with Crippen molar-refractivity contribution >= 4 is 0 Å². The first-order valence-corrected chi connectivity index (χ1v) is 8.08. The van der Waals surface area contributed by atoms with Crippen LogP contribution in [0.2, 0.25) is 0 Å². The molecule has 5 heteroatoms. The maximum absolute atomic E-state index is 12.9. The zero-order valence-electron chi connectivity index (χ0n) is 14.0. The summed E-state index contributed by atoms with van der Waals surface area (Å²) in [4.78, 5) is 2.03. The molecule has 2 aromatic carbocycles. The van der Waals surface area contributed by atoms with Gasteiger partial charge in [0.25, 0.3) is 0 Å². The third-order valence-electron chi connectivity index (χ3n) is 3.61. The maximum Gasteiger partial charge on any atom is 0.189 e. The van der Waals surface area contributed by atoms with Gasteiger partial charge < -0.3 is 19.1 Å². The van der Waals surface area contributed by atoms with E-state index in [0.717, 1.165) is 18.2 Å². The molecule has 1 aliphatic heterocycles. The number of hydrogen-bond acceptors (Lipinski definition) is 4. The number of benzene rings is 2. The van der Waals surface area contributed by atoms with Gasteiger partial charge in [-0.15, -0.1) is 0 Å². The first kappa shape index (κ1) is 16.9. The molecule has 0 saturated carbocycles. The highest BCUT2D eigenvalue weighted by atomic mass is 19.1. The van der Waals surface area contributed by atoms with Gasteiger partial charge in [0.1, 0.15) is 36.3 Å². The topological polar surface area (TPSA) is 30.9 Å². The van der Waals surface area contributed by atoms with E-state index in [0.29, 0.717) is 24.7 Å². The zero-order valence-corrected chi connectivity index (χ0v) is 14.0. The van der Waals surface area contributed by atoms with Gasteiger partial charge in [-0.2, -0.15) is 0 Å². The third kappa shape index (κ3) is 5.01. The van der Waals surface area contributed by atoms with Gasteiger partial charge in [0.05, 0.1) is 0 Å². The Morgan fingerprint density at radius 1 is 0.880 bits per heavy atom. The summed E-state index contributed by atoms with van der Waals surface area (Å²) >= 11 is 0. The lowest BCUT2D eigenvalue weighted by Gasteiger charge is -2.23. The van der Waals surface area contributed by atoms with E-state index in [-0.39, 0.29) is 5.82 Å². The first-order valence-electron chi connectivity index (χ1n) is 8.08. The van der Waals surface area contributed by atoms with E-state index >= 15 is 0 Å². The van der Waals surface area contributed by atoms with E-state index in [4.69, 9.17) is 14.2 Å². The fourth-order valence-corrected chi connectivity index (χ4v) is 2.29. The van der Waals surface area contributed by atoms with Crippen LogP contribution in [0.25, 0.3) is 0 Å². The third-order valence-corrected chi connectivity index (χ3v) is 3.61. The van der Waals surface area contributed by atoms with Crippen molar-refractivity contribution < 1.29 is 18.6 Å². The number of nitrogens with zero attached hydrogens (tertiary/aromatic N) is 1. The average molecular weight is 341 g/mol. The number of halogens is 1. The second kappa shape index (κ2) is 8.24. The molecule has 0 unspecified atom stereocenters. The Morgan fingerprint density at radius 3 is 2.16 bits per heavy atom. The second-order valence-corrected chi connectivity index (χ2v) is 5.54. The molecule has 0 aromatic heterocycles. The molecule has 25 heavy (non-hydrogen) atoms. The largest absolute Gasteiger partial charge is 0.490 e. The molecule has 3 rings (SSSR count). The number of ether oxygens (including phenoxy) is 3. The Kier molecular flexibility index (Phi) is 5.57. The SMILES string of the molecule is CN1CC=CC=C1OCCOc1ccc(Oc2ccc(F)cc2)cc1. The number of allylic oxidation sites excluding steroid dienone is 2. The van der Waals surface area contributed by atoms with Gasteiger partial charge in [-0.3, -0.25) is 0 Å². The van der Waals surface area contributed by atoms with Gasteiger partial charge in [0.15, 0.2) is 5.88 Å². The Labute approximate surface area is 146 Å². The molecule has 0 fully saturated rings. The minimum absolute atomic E-state index is 0.287. The van der Waals surface area contributed by atoms with Crippen LogP contribution in [-0.2, 0) is 4.74 Å². The van der Waals surface area contributed by atoms with Crippen molar-refractivity contribution in [1.82, 2.24) is 4.90 Å². The Hall–Kier alpha value is -2.95. The predicted octanol–water partition coefficient (Wildman–Crippen LogP) is 4.36. The van der Waals surface area contributed by atoms with Crippen LogP contribution in [-0.4, -0.2) is 31.7 Å². The molecule has 130 valence electrons. The fourth-order valence-electron chi connectivity index (χ4n) is 2.29. The standard InChI is InChI=1S/C20H20FNO3/c1-22-13-3-2-4-20(22)24-15-14-23-17-9-11-19(12-10-17)25-18-7-5-16(21)6-8-18/h2-12H,13-15H2,1H3. The lowest BCUT2D eigenvalue weighted by Crippen LogP contribution is -2.23. The summed E-state index contributed by atoms with van der Waals surface area (Å²) in [6.07, 6.45) is 5.99. The summed E-state index contributed by atoms with van der Waals surface area (Å²) in [5.74, 6) is 2.54. The normalized spacial score (nSPS) is 13.4. The smallest absolute Gasteiger partial charge is 0.189 e. The van der Waals surface area contributed by atoms with Crippen molar-refractivity contribution in [3.63, 3.8) is 0 Å². The van der Waals surface area contributed by atoms with Crippen LogP contribution in [0.15, 0.2) is 72.6 Å². The number of rotatable bonds is 7. The highest BCUT2D eigenvalue weighted by Gasteiger charge is 2.06. The number of likely N-dealkylation sites (N-methyl/N-ethyl adjacent to an activating group) is 1. The first-order chi connectivity index (χ1) is 12.2. The van der Waals surface area contributed by atoms with Gasteiger partial charge in [-0.05, 0) is 54.6 Å². The summed E-state index contributed by atoms with van der Waals surface area (Å²) < 4.78 is 29.9. The van der Waals surface area contributed by atoms with E-state index in [9.17, 15) is 4.39 Å². The predicted molar refractivity (Wildman–Crippen MR) is 94.2 cm³/mol. The van der Waals surface area contributed by atoms with Crippen LogP contribution in [0.5, 0.6) is 17.2 Å². The van der Waals surface area contributed by atoms with Crippen LogP contribution in [0, 0.1) is 5.82 Å². The fraction of sp³-hybridized carbons (Fsp3) is 0.200. The van der Waals surface area contributed by atoms with Crippen molar-refractivity contribution in [1.29, 1.82) is 0 Å². The van der Waals surface area contributed by atoms with Crippen LogP contribution in [0.1, 0.15) is 0 Å². The van der Waals surface area contributed by atoms with Crippen molar-refractivity contribution in [3.8, 4) is 17.2 Å². The maximum atomic E-state index is 12.9. The van der Waals surface area contributed by atoms with Crippen LogP contribution in [0.4, 0.5) is 4.39 Å². The highest BCUT2D eigenvalue weighted by molar-refractivity contribution is 5.35. The van der Waals surface area contributed by atoms with Crippen molar-refractivity contribution in [2.45, 2.75) is 0 Å². The minimum Gasteiger partial charge on any atom is -0.490 e. The molecule has 0 amide bonds. The zero-order chi connectivity index (χ0) is 17.5. The summed E-state index contributed by atoms with van der Waals surface area (Å²) in [5.41, 5.74) is 0. The van der Waals surface area contributed by atoms with Crippen molar-refractivity contribution in [3.05, 3.63) is 78.5 Å². The Balaban J connectivity index is 1.44. The van der Waals surface area contributed by atoms with Crippen LogP contribution < -0.4 is 9.47 Å². The molecule has 1 aliphatic rings. The lowest BCUT2D eigenvalue weighted by molar-refractivity contribution is 0.103. The molecule has 0 N–H and O–H groups in total. The summed E-state index contributed by atoms with van der Waals surface area (Å²) in [6, 6.07) is 13.2. The van der Waals surface area contributed by atoms with Gasteiger partial charge in [-0.1, -0.05) is 12.2 Å². The molecule has 0 bridgehead atoms. The van der Waals surface area contributed by atoms with E-state index in [1.807, 2.05) is 48.4 Å². The van der Waals surface area contributed by atoms with Crippen molar-refractivity contribution in [2.75, 3.05) is 26.8 Å². The van der Waals surface area contributed by atoms with E-state index in [1.54, 1.807) is 12.1 Å². The van der Waals surface area contributed by atoms with Gasteiger partial charge >= 0.3 is 0 Å². The lowest BCUT2D eigenvalue weighted by atomic mass is 10.3. The summed E-state index contributed by atoms with van der Waals surface area (Å²) in [5, 5.41) is 0. The molecule has 2 aromatic rings. The molecule has 1 heterocycles. The van der Waals surface area contributed by atoms with E-state index in [1.165, 1.54) is 12.1 Å². The molecule has 4 nitrogen and oxygen atoms in total. The summed E-state index contributed by atoms with van der Waals surface area (Å²) in [7, 11) is 1.98. The molecular weight excluding hydrogens is 321 g/mol. The van der Waals surface area contributed by atoms with E-state index in [2.05, 4.69) is 6.08 Å². The summed E-state index contributed by atoms with van der Waals surface area (Å²) in [6.45, 7) is 1.77. The minimum atomic E-state index is -0.287. The monoisotopic (exact) mass is 341 g/mol. The Morgan fingerprint density at radius 2 is 1.48 bits per heavy atom. The molecule has 0 saturated heterocycles. The van der Waals surface area contributed by atoms with Gasteiger partial charge in [0.2, 0.25) is 0 Å². The van der Waals surface area contributed by atoms with Crippen LogP contribution in [0.3, 0.4) is 0 Å². The number of hydrogen-bond donors (Lipinski definition) is 0. The van der Waals surface area contributed by atoms with Crippen molar-refractivity contribution in [2.24, 2.45) is 0 Å².